The molecular formula is C33H40FN7O3. The number of aliphatic hydroxyl groups excluding tert-OH is 1. The smallest absolute Gasteiger partial charge is 0.168 e. The standard InChI is InChI=1S/C33H40FN7O3/c1-32(2)15-22(16-33(3,4)44-32)41-19-21(17-37-41)24-18-36-29(14-26(24)40-13-7-8-23(42)20-40)38-28-11-12-35-31(39-28)30-25(34)9-6-10-27(30)43-5/h6,9-12,14,17-19,22-23,42H,7-8,13,15-16,20H2,1-5H3,(H,35,36,38,39)/t23-/m0/s1. The Morgan fingerprint density at radius 1 is 1.07 bits per heavy atom. The Hall–Kier alpha value is -4.09. The number of aromatic nitrogens is 5. The Morgan fingerprint density at radius 2 is 1.86 bits per heavy atom. The van der Waals surface area contributed by atoms with E-state index in [4.69, 9.17) is 19.6 Å². The first kappa shape index (κ1) is 30.0. The van der Waals surface area contributed by atoms with E-state index in [9.17, 15) is 9.50 Å². The summed E-state index contributed by atoms with van der Waals surface area (Å²) in [6, 6.07) is 8.49. The van der Waals surface area contributed by atoms with Crippen LogP contribution in [-0.4, -0.2) is 67.3 Å². The molecule has 1 atom stereocenters. The van der Waals surface area contributed by atoms with Gasteiger partial charge in [-0.1, -0.05) is 6.07 Å². The second-order valence-corrected chi connectivity index (χ2v) is 12.9. The topological polar surface area (TPSA) is 110 Å². The van der Waals surface area contributed by atoms with Gasteiger partial charge in [0.1, 0.15) is 23.2 Å². The molecule has 11 heteroatoms. The Bertz CT molecular complexity index is 1620. The molecule has 0 unspecified atom stereocenters. The largest absolute Gasteiger partial charge is 0.496 e. The number of nitrogens with one attached hydrogen (secondary N) is 1. The average molecular weight is 602 g/mol. The lowest BCUT2D eigenvalue weighted by atomic mass is 9.85. The summed E-state index contributed by atoms with van der Waals surface area (Å²) in [5.74, 6) is 1.11. The number of piperidine rings is 1. The fourth-order valence-electron chi connectivity index (χ4n) is 6.64. The van der Waals surface area contributed by atoms with Gasteiger partial charge in [0.05, 0.1) is 47.9 Å². The molecule has 232 valence electrons. The molecule has 44 heavy (non-hydrogen) atoms. The number of pyridine rings is 1. The molecule has 6 rings (SSSR count). The highest BCUT2D eigenvalue weighted by Gasteiger charge is 2.40. The number of β-amino-alcohol motifs (C(OH)–C–C–N with tert-alkyl or cyclic N) is 1. The first-order chi connectivity index (χ1) is 21.0. The maximum absolute atomic E-state index is 14.7. The average Bonchev–Trinajstić information content (AvgIpc) is 3.46. The van der Waals surface area contributed by atoms with E-state index in [0.29, 0.717) is 23.9 Å². The SMILES string of the molecule is COc1cccc(F)c1-c1nccc(Nc2cc(N3CCC[C@H](O)C3)c(-c3cnn(C4CC(C)(C)OC(C)(C)C4)c3)cn2)n1. The van der Waals surface area contributed by atoms with E-state index in [-0.39, 0.29) is 28.6 Å². The van der Waals surface area contributed by atoms with Crippen LogP contribution in [0.1, 0.15) is 59.4 Å². The summed E-state index contributed by atoms with van der Waals surface area (Å²) in [6.07, 6.45) is 10.4. The summed E-state index contributed by atoms with van der Waals surface area (Å²) in [4.78, 5) is 15.8. The molecular weight excluding hydrogens is 561 g/mol. The lowest BCUT2D eigenvalue weighted by Gasteiger charge is -2.45. The monoisotopic (exact) mass is 601 g/mol. The van der Waals surface area contributed by atoms with Crippen molar-refractivity contribution >= 4 is 17.3 Å². The molecule has 0 radical (unpaired) electrons. The molecule has 5 heterocycles. The van der Waals surface area contributed by atoms with E-state index in [1.807, 2.05) is 18.5 Å². The van der Waals surface area contributed by atoms with Crippen molar-refractivity contribution in [1.82, 2.24) is 24.7 Å². The van der Waals surface area contributed by atoms with Gasteiger partial charge in [0, 0.05) is 48.9 Å². The molecule has 0 bridgehead atoms. The van der Waals surface area contributed by atoms with Crippen LogP contribution in [0.15, 0.2) is 55.1 Å². The third kappa shape index (κ3) is 6.39. The molecule has 0 aliphatic carbocycles. The van der Waals surface area contributed by atoms with Gasteiger partial charge in [-0.25, -0.2) is 19.3 Å². The zero-order valence-corrected chi connectivity index (χ0v) is 25.9. The molecule has 10 nitrogen and oxygen atoms in total. The van der Waals surface area contributed by atoms with E-state index < -0.39 is 11.9 Å². The van der Waals surface area contributed by atoms with Gasteiger partial charge in [0.15, 0.2) is 5.82 Å². The van der Waals surface area contributed by atoms with Crippen molar-refractivity contribution in [2.75, 3.05) is 30.4 Å². The minimum atomic E-state index is -0.469. The van der Waals surface area contributed by atoms with Crippen LogP contribution in [0.3, 0.4) is 0 Å². The van der Waals surface area contributed by atoms with Crippen LogP contribution in [0.5, 0.6) is 5.75 Å². The third-order valence-electron chi connectivity index (χ3n) is 8.24. The number of halogens is 1. The van der Waals surface area contributed by atoms with Crippen LogP contribution in [0, 0.1) is 5.82 Å². The predicted molar refractivity (Wildman–Crippen MR) is 168 cm³/mol. The minimum Gasteiger partial charge on any atom is -0.496 e. The molecule has 2 fully saturated rings. The highest BCUT2D eigenvalue weighted by molar-refractivity contribution is 5.80. The van der Waals surface area contributed by atoms with Crippen molar-refractivity contribution < 1.29 is 19.0 Å². The second-order valence-electron chi connectivity index (χ2n) is 12.9. The van der Waals surface area contributed by atoms with Crippen LogP contribution >= 0.6 is 0 Å². The first-order valence-corrected chi connectivity index (χ1v) is 15.1. The number of hydrogen-bond acceptors (Lipinski definition) is 9. The summed E-state index contributed by atoms with van der Waals surface area (Å²) in [5, 5.41) is 18.6. The number of ether oxygens (including phenoxy) is 2. The molecule has 2 aliphatic rings. The van der Waals surface area contributed by atoms with E-state index in [1.54, 1.807) is 24.4 Å². The van der Waals surface area contributed by atoms with E-state index in [0.717, 1.165) is 49.0 Å². The number of anilines is 3. The second kappa shape index (κ2) is 11.8. The van der Waals surface area contributed by atoms with E-state index >= 15 is 0 Å². The Balaban J connectivity index is 1.32. The summed E-state index contributed by atoms with van der Waals surface area (Å²) in [5.41, 5.74) is 2.52. The lowest BCUT2D eigenvalue weighted by Crippen LogP contribution is -2.45. The molecule has 2 N–H and O–H groups in total. The maximum atomic E-state index is 14.7. The van der Waals surface area contributed by atoms with Crippen molar-refractivity contribution in [3.63, 3.8) is 0 Å². The highest BCUT2D eigenvalue weighted by Crippen LogP contribution is 2.42. The quantitative estimate of drug-likeness (QED) is 0.257. The number of benzene rings is 1. The Labute approximate surface area is 257 Å². The summed E-state index contributed by atoms with van der Waals surface area (Å²) in [6.45, 7) is 9.87. The van der Waals surface area contributed by atoms with Crippen LogP contribution in [-0.2, 0) is 4.74 Å². The molecule has 1 aromatic carbocycles. The minimum absolute atomic E-state index is 0.193. The molecule has 2 aliphatic heterocycles. The Kier molecular flexibility index (Phi) is 8.02. The van der Waals surface area contributed by atoms with Crippen molar-refractivity contribution in [3.05, 3.63) is 60.9 Å². The van der Waals surface area contributed by atoms with Gasteiger partial charge in [-0.2, -0.15) is 5.10 Å². The zero-order valence-electron chi connectivity index (χ0n) is 25.9. The van der Waals surface area contributed by atoms with Crippen molar-refractivity contribution in [1.29, 1.82) is 0 Å². The maximum Gasteiger partial charge on any atom is 0.168 e. The highest BCUT2D eigenvalue weighted by atomic mass is 19.1. The number of methoxy groups -OCH3 is 1. The van der Waals surface area contributed by atoms with Gasteiger partial charge < -0.3 is 24.8 Å². The Morgan fingerprint density at radius 3 is 2.61 bits per heavy atom. The van der Waals surface area contributed by atoms with Gasteiger partial charge in [-0.3, -0.25) is 4.68 Å². The normalized spacial score (nSPS) is 20.0. The third-order valence-corrected chi connectivity index (χ3v) is 8.24. The summed E-state index contributed by atoms with van der Waals surface area (Å²) < 4.78 is 28.5. The van der Waals surface area contributed by atoms with Crippen molar-refractivity contribution in [2.45, 2.75) is 76.7 Å². The predicted octanol–water partition coefficient (Wildman–Crippen LogP) is 6.16. The number of hydrogen-bond donors (Lipinski definition) is 2. The van der Waals surface area contributed by atoms with Crippen LogP contribution < -0.4 is 15.0 Å². The lowest BCUT2D eigenvalue weighted by molar-refractivity contribution is -0.170. The van der Waals surface area contributed by atoms with Gasteiger partial charge in [0.2, 0.25) is 0 Å². The number of nitrogens with zero attached hydrogens (tertiary/aromatic N) is 6. The van der Waals surface area contributed by atoms with Crippen LogP contribution in [0.25, 0.3) is 22.5 Å². The van der Waals surface area contributed by atoms with Gasteiger partial charge in [-0.15, -0.1) is 0 Å². The first-order valence-electron chi connectivity index (χ1n) is 15.1. The molecule has 0 amide bonds. The number of rotatable bonds is 7. The van der Waals surface area contributed by atoms with E-state index in [1.165, 1.54) is 13.2 Å². The van der Waals surface area contributed by atoms with Gasteiger partial charge >= 0.3 is 0 Å². The van der Waals surface area contributed by atoms with E-state index in [2.05, 4.69) is 58.8 Å². The molecule has 4 aromatic rings. The molecule has 3 aromatic heterocycles. The van der Waals surface area contributed by atoms with Gasteiger partial charge in [-0.05, 0) is 71.6 Å². The van der Waals surface area contributed by atoms with Crippen LogP contribution in [0.4, 0.5) is 21.7 Å². The van der Waals surface area contributed by atoms with Gasteiger partial charge in [0.25, 0.3) is 0 Å². The molecule has 0 saturated carbocycles. The van der Waals surface area contributed by atoms with Crippen molar-refractivity contribution in [3.8, 4) is 28.3 Å². The van der Waals surface area contributed by atoms with Crippen LogP contribution in [0.2, 0.25) is 0 Å². The fraction of sp³-hybridized carbons (Fsp3) is 0.455. The zero-order chi connectivity index (χ0) is 31.1. The molecule has 0 spiro atoms. The number of aliphatic hydroxyl groups is 1. The summed E-state index contributed by atoms with van der Waals surface area (Å²) >= 11 is 0. The fourth-order valence-corrected chi connectivity index (χ4v) is 6.64. The van der Waals surface area contributed by atoms with Crippen molar-refractivity contribution in [2.24, 2.45) is 0 Å². The molecule has 2 saturated heterocycles. The summed E-state index contributed by atoms with van der Waals surface area (Å²) in [7, 11) is 1.49.